The Labute approximate surface area is 144 Å². The second-order valence-electron chi connectivity index (χ2n) is 6.77. The molecule has 134 valence electrons. The minimum atomic E-state index is -4.36. The van der Waals surface area contributed by atoms with E-state index in [0.29, 0.717) is 16.9 Å². The number of aromatic nitrogens is 2. The van der Waals surface area contributed by atoms with Crippen LogP contribution in [-0.4, -0.2) is 15.5 Å². The number of anilines is 1. The van der Waals surface area contributed by atoms with Gasteiger partial charge in [0.05, 0.1) is 16.6 Å². The van der Waals surface area contributed by atoms with Crippen molar-refractivity contribution in [3.8, 4) is 11.4 Å². The Bertz CT molecular complexity index is 859. The fourth-order valence-corrected chi connectivity index (χ4v) is 2.47. The molecule has 0 saturated carbocycles. The zero-order valence-electron chi connectivity index (χ0n) is 14.3. The number of alkyl halides is 3. The van der Waals surface area contributed by atoms with Gasteiger partial charge in [0, 0.05) is 16.8 Å². The van der Waals surface area contributed by atoms with Crippen LogP contribution >= 0.6 is 0 Å². The molecule has 0 radical (unpaired) electrons. The van der Waals surface area contributed by atoms with Gasteiger partial charge in [0.1, 0.15) is 5.82 Å². The highest BCUT2D eigenvalue weighted by molar-refractivity contribution is 5.80. The summed E-state index contributed by atoms with van der Waals surface area (Å²) in [6.45, 7) is 6.20. The van der Waals surface area contributed by atoms with Crippen LogP contribution in [0.2, 0.25) is 0 Å². The molecule has 0 bridgehead atoms. The van der Waals surface area contributed by atoms with Crippen molar-refractivity contribution in [3.63, 3.8) is 0 Å². The van der Waals surface area contributed by atoms with Gasteiger partial charge in [-0.1, -0.05) is 0 Å². The molecule has 0 amide bonds. The summed E-state index contributed by atoms with van der Waals surface area (Å²) in [5, 5.41) is 3.35. The van der Waals surface area contributed by atoms with Crippen LogP contribution in [0.3, 0.4) is 0 Å². The van der Waals surface area contributed by atoms with Gasteiger partial charge in [-0.05, 0) is 63.2 Å². The molecule has 0 unspecified atom stereocenters. The largest absolute Gasteiger partial charge is 0.416 e. The third-order valence-electron chi connectivity index (χ3n) is 3.49. The molecule has 0 aliphatic heterocycles. The molecule has 0 atom stereocenters. The molecule has 0 aliphatic rings. The number of nitrogens with zero attached hydrogens (tertiary/aromatic N) is 1. The lowest BCUT2D eigenvalue weighted by Crippen LogP contribution is -2.25. The Morgan fingerprint density at radius 3 is 2.16 bits per heavy atom. The fraction of sp³-hybridized carbons (Fsp3) is 0.278. The summed E-state index contributed by atoms with van der Waals surface area (Å²) in [6, 6.07) is 11.1. The number of nitrogens with one attached hydrogen (secondary N) is 2. The number of aromatic amines is 1. The van der Waals surface area contributed by atoms with Gasteiger partial charge in [-0.15, -0.1) is 0 Å². The van der Waals surface area contributed by atoms with Crippen molar-refractivity contribution in [1.29, 1.82) is 0 Å². The van der Waals surface area contributed by atoms with Crippen molar-refractivity contribution in [1.82, 2.24) is 16.1 Å². The highest BCUT2D eigenvalue weighted by Gasteiger charge is 2.30. The van der Waals surface area contributed by atoms with E-state index < -0.39 is 11.7 Å². The molecule has 0 fully saturated rings. The summed E-state index contributed by atoms with van der Waals surface area (Å²) < 4.78 is 38.4. The lowest BCUT2D eigenvalue weighted by atomic mass is 10.1. The van der Waals surface area contributed by atoms with Gasteiger partial charge < -0.3 is 16.5 Å². The average molecular weight is 350 g/mol. The number of fused-ring (bicyclic) bond motifs is 1. The summed E-state index contributed by atoms with van der Waals surface area (Å²) in [5.41, 5.74) is 1.94. The van der Waals surface area contributed by atoms with Crippen LogP contribution in [-0.2, 0) is 6.18 Å². The number of halogens is 3. The van der Waals surface area contributed by atoms with Gasteiger partial charge in [0.25, 0.3) is 0 Å². The van der Waals surface area contributed by atoms with E-state index in [4.69, 9.17) is 0 Å². The van der Waals surface area contributed by atoms with E-state index in [0.717, 1.165) is 23.4 Å². The third kappa shape index (κ3) is 4.30. The molecule has 1 aromatic heterocycles. The highest BCUT2D eigenvalue weighted by Crippen LogP contribution is 2.31. The maximum atomic E-state index is 12.8. The second kappa shape index (κ2) is 6.40. The van der Waals surface area contributed by atoms with Crippen molar-refractivity contribution < 1.29 is 13.2 Å². The van der Waals surface area contributed by atoms with E-state index in [-0.39, 0.29) is 11.7 Å². The van der Waals surface area contributed by atoms with E-state index in [9.17, 15) is 13.2 Å². The molecule has 0 spiro atoms. The monoisotopic (exact) mass is 350 g/mol. The summed E-state index contributed by atoms with van der Waals surface area (Å²) >= 11 is 0. The molecule has 0 saturated heterocycles. The summed E-state index contributed by atoms with van der Waals surface area (Å²) in [7, 11) is 0. The second-order valence-corrected chi connectivity index (χ2v) is 6.77. The smallest absolute Gasteiger partial charge is 0.380 e. The minimum Gasteiger partial charge on any atom is -0.380 e. The Kier molecular flexibility index (Phi) is 4.81. The summed E-state index contributed by atoms with van der Waals surface area (Å²) in [4.78, 5) is 7.33. The topological polar surface area (TPSA) is 75.7 Å². The summed E-state index contributed by atoms with van der Waals surface area (Å²) in [6.07, 6.45) is -4.36. The molecule has 1 heterocycles. The Morgan fingerprint density at radius 2 is 1.60 bits per heavy atom. The van der Waals surface area contributed by atoms with Crippen LogP contribution in [0.5, 0.6) is 0 Å². The molecule has 3 rings (SSSR count). The van der Waals surface area contributed by atoms with Crippen molar-refractivity contribution in [3.05, 3.63) is 48.0 Å². The molecule has 3 aromatic rings. The van der Waals surface area contributed by atoms with E-state index in [1.54, 1.807) is 0 Å². The third-order valence-corrected chi connectivity index (χ3v) is 3.49. The first-order valence-electron chi connectivity index (χ1n) is 7.57. The van der Waals surface area contributed by atoms with E-state index >= 15 is 0 Å². The average Bonchev–Trinajstić information content (AvgIpc) is 2.88. The van der Waals surface area contributed by atoms with E-state index in [2.05, 4.69) is 36.1 Å². The maximum Gasteiger partial charge on any atom is 0.416 e. The quantitative estimate of drug-likeness (QED) is 0.561. The fourth-order valence-electron chi connectivity index (χ4n) is 2.47. The maximum absolute atomic E-state index is 12.8. The van der Waals surface area contributed by atoms with Gasteiger partial charge >= 0.3 is 6.18 Å². The van der Waals surface area contributed by atoms with E-state index in [1.165, 1.54) is 6.07 Å². The molecular formula is C18H21F3N4. The van der Waals surface area contributed by atoms with Gasteiger partial charge in [0.2, 0.25) is 0 Å². The van der Waals surface area contributed by atoms with Crippen LogP contribution in [0, 0.1) is 0 Å². The molecular weight excluding hydrogens is 329 g/mol. The molecule has 25 heavy (non-hydrogen) atoms. The van der Waals surface area contributed by atoms with Crippen molar-refractivity contribution in [2.45, 2.75) is 32.5 Å². The van der Waals surface area contributed by atoms with Crippen molar-refractivity contribution in [2.75, 3.05) is 5.32 Å². The Balaban J connectivity index is 0.00000225. The first kappa shape index (κ1) is 18.8. The molecule has 7 heteroatoms. The number of H-pyrrole nitrogens is 1. The van der Waals surface area contributed by atoms with Gasteiger partial charge in [-0.25, -0.2) is 4.98 Å². The molecule has 5 N–H and O–H groups in total. The van der Waals surface area contributed by atoms with Crippen LogP contribution < -0.4 is 11.5 Å². The zero-order chi connectivity index (χ0) is 17.5. The first-order chi connectivity index (χ1) is 11.1. The number of benzene rings is 2. The van der Waals surface area contributed by atoms with Gasteiger partial charge in [-0.2, -0.15) is 13.2 Å². The number of imidazole rings is 1. The zero-order valence-corrected chi connectivity index (χ0v) is 14.3. The Hall–Kier alpha value is -2.54. The van der Waals surface area contributed by atoms with Crippen LogP contribution in [0.15, 0.2) is 42.5 Å². The minimum absolute atomic E-state index is 0. The molecule has 4 nitrogen and oxygen atoms in total. The SMILES string of the molecule is CC(C)(C)Nc1ccc(-c2nc3ccc(C(F)(F)F)cc3[nH]2)cc1.N. The standard InChI is InChI=1S/C18H18F3N3.H3N/c1-17(2,3)24-13-7-4-11(5-8-13)16-22-14-9-6-12(18(19,20)21)10-15(14)23-16;/h4-10,24H,1-3H3,(H,22,23);1H3. The number of rotatable bonds is 2. The first-order valence-corrected chi connectivity index (χ1v) is 7.57. The molecule has 0 aliphatic carbocycles. The summed E-state index contributed by atoms with van der Waals surface area (Å²) in [5.74, 6) is 0.548. The van der Waals surface area contributed by atoms with Crippen LogP contribution in [0.4, 0.5) is 18.9 Å². The number of hydrogen-bond acceptors (Lipinski definition) is 3. The van der Waals surface area contributed by atoms with Gasteiger partial charge in [0.15, 0.2) is 0 Å². The van der Waals surface area contributed by atoms with Crippen molar-refractivity contribution in [2.24, 2.45) is 0 Å². The molecule has 2 aromatic carbocycles. The van der Waals surface area contributed by atoms with Crippen LogP contribution in [0.1, 0.15) is 26.3 Å². The normalized spacial score (nSPS) is 12.1. The predicted molar refractivity (Wildman–Crippen MR) is 94.9 cm³/mol. The van der Waals surface area contributed by atoms with Crippen molar-refractivity contribution >= 4 is 16.7 Å². The predicted octanol–water partition coefficient (Wildman–Crippen LogP) is 5.62. The Morgan fingerprint density at radius 1 is 0.960 bits per heavy atom. The van der Waals surface area contributed by atoms with E-state index in [1.807, 2.05) is 24.3 Å². The highest BCUT2D eigenvalue weighted by atomic mass is 19.4. The van der Waals surface area contributed by atoms with Crippen LogP contribution in [0.25, 0.3) is 22.4 Å². The lowest BCUT2D eigenvalue weighted by molar-refractivity contribution is -0.137. The van der Waals surface area contributed by atoms with Gasteiger partial charge in [-0.3, -0.25) is 0 Å². The number of hydrogen-bond donors (Lipinski definition) is 3. The lowest BCUT2D eigenvalue weighted by Gasteiger charge is -2.22.